The third kappa shape index (κ3) is 4.93. The lowest BCUT2D eigenvalue weighted by Crippen LogP contribution is -2.20. The molecule has 0 atom stereocenters. The number of amides is 1. The van der Waals surface area contributed by atoms with Crippen LogP contribution in [0.25, 0.3) is 0 Å². The van der Waals surface area contributed by atoms with E-state index >= 15 is 0 Å². The maximum absolute atomic E-state index is 11.9. The van der Waals surface area contributed by atoms with Gasteiger partial charge in [0, 0.05) is 15.7 Å². The van der Waals surface area contributed by atoms with Crippen molar-refractivity contribution < 1.29 is 9.53 Å². The average molecular weight is 338 g/mol. The number of nitrogens with one attached hydrogen (secondary N) is 1. The van der Waals surface area contributed by atoms with E-state index in [1.807, 2.05) is 24.3 Å². The first-order valence-electron chi connectivity index (χ1n) is 6.93. The molecule has 0 saturated carbocycles. The van der Waals surface area contributed by atoms with Crippen LogP contribution >= 0.6 is 23.2 Å². The van der Waals surface area contributed by atoms with Gasteiger partial charge in [0.25, 0.3) is 5.91 Å². The highest BCUT2D eigenvalue weighted by Gasteiger charge is 2.06. The van der Waals surface area contributed by atoms with Crippen LogP contribution in [0.4, 0.5) is 5.69 Å². The van der Waals surface area contributed by atoms with E-state index in [1.165, 1.54) is 5.56 Å². The quantitative estimate of drug-likeness (QED) is 0.820. The van der Waals surface area contributed by atoms with Crippen molar-refractivity contribution in [2.45, 2.75) is 19.8 Å². The Morgan fingerprint density at radius 3 is 2.23 bits per heavy atom. The van der Waals surface area contributed by atoms with Crippen molar-refractivity contribution in [3.63, 3.8) is 0 Å². The van der Waals surface area contributed by atoms with Crippen LogP contribution in [0, 0.1) is 0 Å². The van der Waals surface area contributed by atoms with Gasteiger partial charge >= 0.3 is 0 Å². The minimum absolute atomic E-state index is 0.0782. The fraction of sp³-hybridized carbons (Fsp3) is 0.235. The molecule has 0 bridgehead atoms. The molecule has 0 saturated heterocycles. The van der Waals surface area contributed by atoms with Crippen molar-refractivity contribution in [2.75, 3.05) is 11.9 Å². The lowest BCUT2D eigenvalue weighted by Gasteiger charge is -2.10. The number of ether oxygens (including phenoxy) is 1. The molecule has 3 nitrogen and oxygen atoms in total. The van der Waals surface area contributed by atoms with Crippen molar-refractivity contribution in [2.24, 2.45) is 0 Å². The van der Waals surface area contributed by atoms with E-state index in [-0.39, 0.29) is 12.5 Å². The molecule has 0 radical (unpaired) electrons. The Balaban J connectivity index is 1.89. The van der Waals surface area contributed by atoms with Crippen LogP contribution in [-0.4, -0.2) is 12.5 Å². The van der Waals surface area contributed by atoms with Crippen molar-refractivity contribution in [1.82, 2.24) is 0 Å². The van der Waals surface area contributed by atoms with Crippen LogP contribution in [-0.2, 0) is 4.79 Å². The second-order valence-corrected chi connectivity index (χ2v) is 6.09. The Labute approximate surface area is 140 Å². The standard InChI is InChI=1S/C17H17Cl2NO2/c1-11(2)12-3-5-16(6-4-12)22-10-17(21)20-15-8-13(18)7-14(19)9-15/h3-9,11H,10H2,1-2H3,(H,20,21). The monoisotopic (exact) mass is 337 g/mol. The minimum Gasteiger partial charge on any atom is -0.484 e. The zero-order valence-corrected chi connectivity index (χ0v) is 13.9. The summed E-state index contributed by atoms with van der Waals surface area (Å²) in [5, 5.41) is 3.62. The predicted octanol–water partition coefficient (Wildman–Crippen LogP) is 5.13. The van der Waals surface area contributed by atoms with Gasteiger partial charge in [-0.15, -0.1) is 0 Å². The summed E-state index contributed by atoms with van der Waals surface area (Å²) in [4.78, 5) is 11.9. The highest BCUT2D eigenvalue weighted by atomic mass is 35.5. The van der Waals surface area contributed by atoms with E-state index in [4.69, 9.17) is 27.9 Å². The molecule has 0 unspecified atom stereocenters. The Kier molecular flexibility index (Phi) is 5.69. The molecule has 116 valence electrons. The van der Waals surface area contributed by atoms with E-state index in [2.05, 4.69) is 19.2 Å². The predicted molar refractivity (Wildman–Crippen MR) is 91.1 cm³/mol. The zero-order valence-electron chi connectivity index (χ0n) is 12.4. The first kappa shape index (κ1) is 16.7. The summed E-state index contributed by atoms with van der Waals surface area (Å²) in [5.74, 6) is 0.847. The molecule has 0 aliphatic rings. The molecule has 2 aromatic rings. The number of carbonyl (C=O) groups is 1. The van der Waals surface area contributed by atoms with Gasteiger partial charge in [-0.2, -0.15) is 0 Å². The highest BCUT2D eigenvalue weighted by molar-refractivity contribution is 6.35. The van der Waals surface area contributed by atoms with Crippen LogP contribution in [0.1, 0.15) is 25.3 Å². The first-order chi connectivity index (χ1) is 10.4. The molecule has 0 heterocycles. The van der Waals surface area contributed by atoms with Gasteiger partial charge in [-0.25, -0.2) is 0 Å². The number of halogens is 2. The molecular weight excluding hydrogens is 321 g/mol. The molecule has 0 fully saturated rings. The molecule has 2 aromatic carbocycles. The van der Waals surface area contributed by atoms with E-state index in [0.717, 1.165) is 0 Å². The van der Waals surface area contributed by atoms with E-state index in [0.29, 0.717) is 27.4 Å². The third-order valence-corrected chi connectivity index (χ3v) is 3.50. The number of benzene rings is 2. The Morgan fingerprint density at radius 2 is 1.68 bits per heavy atom. The van der Waals surface area contributed by atoms with Crippen LogP contribution in [0.5, 0.6) is 5.75 Å². The molecule has 1 amide bonds. The van der Waals surface area contributed by atoms with Gasteiger partial charge in [0.2, 0.25) is 0 Å². The molecule has 0 aliphatic carbocycles. The van der Waals surface area contributed by atoms with E-state index < -0.39 is 0 Å². The summed E-state index contributed by atoms with van der Waals surface area (Å²) in [5.41, 5.74) is 1.77. The molecule has 22 heavy (non-hydrogen) atoms. The highest BCUT2D eigenvalue weighted by Crippen LogP contribution is 2.22. The Morgan fingerprint density at radius 1 is 1.09 bits per heavy atom. The van der Waals surface area contributed by atoms with Crippen LogP contribution < -0.4 is 10.1 Å². The lowest BCUT2D eigenvalue weighted by atomic mass is 10.0. The summed E-state index contributed by atoms with van der Waals surface area (Å²) >= 11 is 11.8. The summed E-state index contributed by atoms with van der Waals surface area (Å²) in [6, 6.07) is 12.6. The van der Waals surface area contributed by atoms with Crippen molar-refractivity contribution in [3.05, 3.63) is 58.1 Å². The molecule has 0 spiro atoms. The van der Waals surface area contributed by atoms with E-state index in [9.17, 15) is 4.79 Å². The molecule has 1 N–H and O–H groups in total. The van der Waals surface area contributed by atoms with Crippen molar-refractivity contribution in [3.8, 4) is 5.75 Å². The number of carbonyl (C=O) groups excluding carboxylic acids is 1. The molecule has 2 rings (SSSR count). The van der Waals surface area contributed by atoms with Gasteiger partial charge in [0.05, 0.1) is 0 Å². The maximum Gasteiger partial charge on any atom is 0.262 e. The van der Waals surface area contributed by atoms with E-state index in [1.54, 1.807) is 18.2 Å². The van der Waals surface area contributed by atoms with Gasteiger partial charge in [0.1, 0.15) is 5.75 Å². The van der Waals surface area contributed by atoms with Gasteiger partial charge in [-0.3, -0.25) is 4.79 Å². The first-order valence-corrected chi connectivity index (χ1v) is 7.68. The van der Waals surface area contributed by atoms with Crippen LogP contribution in [0.2, 0.25) is 10.0 Å². The zero-order chi connectivity index (χ0) is 16.1. The van der Waals surface area contributed by atoms with Crippen LogP contribution in [0.15, 0.2) is 42.5 Å². The second-order valence-electron chi connectivity index (χ2n) is 5.22. The SMILES string of the molecule is CC(C)c1ccc(OCC(=O)Nc2cc(Cl)cc(Cl)c2)cc1. The second kappa shape index (κ2) is 7.52. The number of anilines is 1. The van der Waals surface area contributed by atoms with Crippen LogP contribution in [0.3, 0.4) is 0 Å². The van der Waals surface area contributed by atoms with Gasteiger partial charge in [-0.05, 0) is 41.8 Å². The fourth-order valence-electron chi connectivity index (χ4n) is 1.92. The Bertz CT molecular complexity index is 634. The number of hydrogen-bond donors (Lipinski definition) is 1. The molecular formula is C17H17Cl2NO2. The minimum atomic E-state index is -0.272. The fourth-order valence-corrected chi connectivity index (χ4v) is 2.45. The average Bonchev–Trinajstić information content (AvgIpc) is 2.44. The number of rotatable bonds is 5. The maximum atomic E-state index is 11.9. The van der Waals surface area contributed by atoms with Gasteiger partial charge < -0.3 is 10.1 Å². The Hall–Kier alpha value is -1.71. The smallest absolute Gasteiger partial charge is 0.262 e. The number of hydrogen-bond acceptors (Lipinski definition) is 2. The summed E-state index contributed by atoms with van der Waals surface area (Å²) in [6.45, 7) is 4.17. The van der Waals surface area contributed by atoms with Crippen molar-refractivity contribution in [1.29, 1.82) is 0 Å². The lowest BCUT2D eigenvalue weighted by molar-refractivity contribution is -0.118. The summed E-state index contributed by atoms with van der Waals surface area (Å²) in [6.07, 6.45) is 0. The molecule has 5 heteroatoms. The van der Waals surface area contributed by atoms with Gasteiger partial charge in [-0.1, -0.05) is 49.2 Å². The molecule has 0 aliphatic heterocycles. The topological polar surface area (TPSA) is 38.3 Å². The summed E-state index contributed by atoms with van der Waals surface area (Å²) in [7, 11) is 0. The summed E-state index contributed by atoms with van der Waals surface area (Å²) < 4.78 is 5.46. The normalized spacial score (nSPS) is 10.6. The van der Waals surface area contributed by atoms with Gasteiger partial charge in [0.15, 0.2) is 6.61 Å². The largest absolute Gasteiger partial charge is 0.484 e. The third-order valence-electron chi connectivity index (χ3n) is 3.06. The van der Waals surface area contributed by atoms with Crippen molar-refractivity contribution >= 4 is 34.8 Å². The molecule has 0 aromatic heterocycles.